The number of carbonyl (C=O) groups is 2. The highest BCUT2D eigenvalue weighted by atomic mass is 19.4. The molecule has 104 valence electrons. The Hall–Kier alpha value is -2.25. The molecule has 0 aliphatic heterocycles. The van der Waals surface area contributed by atoms with Gasteiger partial charge >= 0.3 is 12.1 Å². The highest BCUT2D eigenvalue weighted by Gasteiger charge is 2.38. The molecule has 5 nitrogen and oxygen atoms in total. The van der Waals surface area contributed by atoms with Gasteiger partial charge in [0, 0.05) is 13.0 Å². The fourth-order valence-corrected chi connectivity index (χ4v) is 1.12. The van der Waals surface area contributed by atoms with Crippen molar-refractivity contribution in [2.24, 2.45) is 0 Å². The van der Waals surface area contributed by atoms with Crippen molar-refractivity contribution in [1.29, 1.82) is 0 Å². The quantitative estimate of drug-likeness (QED) is 0.707. The second kappa shape index (κ2) is 6.62. The van der Waals surface area contributed by atoms with Crippen LogP contribution < -0.4 is 16.2 Å². The predicted octanol–water partition coefficient (Wildman–Crippen LogP) is 1.20. The SMILES string of the molecule is O=C(CCNC(=O)C(F)(F)F)NNc1ccccc1. The smallest absolute Gasteiger partial charge is 0.348 e. The maximum atomic E-state index is 11.8. The number of benzene rings is 1. The minimum absolute atomic E-state index is 0.262. The standard InChI is InChI=1S/C11H12F3N3O2/c12-11(13,14)10(19)15-7-6-9(18)17-16-8-4-2-1-3-5-8/h1-5,16H,6-7H2,(H,15,19)(H,17,18). The van der Waals surface area contributed by atoms with Crippen molar-refractivity contribution in [2.75, 3.05) is 12.0 Å². The third-order valence-electron chi connectivity index (χ3n) is 2.02. The first-order valence-corrected chi connectivity index (χ1v) is 5.34. The maximum absolute atomic E-state index is 11.8. The van der Waals surface area contributed by atoms with E-state index in [1.807, 2.05) is 0 Å². The molecule has 1 rings (SSSR count). The van der Waals surface area contributed by atoms with Crippen LogP contribution in [0.15, 0.2) is 30.3 Å². The Morgan fingerprint density at radius 1 is 1.11 bits per heavy atom. The second-order valence-corrected chi connectivity index (χ2v) is 3.54. The Balaban J connectivity index is 2.20. The number of amides is 2. The average Bonchev–Trinajstić information content (AvgIpc) is 2.36. The van der Waals surface area contributed by atoms with E-state index in [1.54, 1.807) is 35.6 Å². The van der Waals surface area contributed by atoms with Crippen molar-refractivity contribution in [1.82, 2.24) is 10.7 Å². The van der Waals surface area contributed by atoms with E-state index in [4.69, 9.17) is 0 Å². The molecule has 0 aliphatic carbocycles. The molecule has 0 unspecified atom stereocenters. The summed E-state index contributed by atoms with van der Waals surface area (Å²) < 4.78 is 35.5. The molecule has 0 fully saturated rings. The summed E-state index contributed by atoms with van der Waals surface area (Å²) in [4.78, 5) is 21.7. The number of halogens is 3. The first-order chi connectivity index (χ1) is 8.89. The molecule has 1 aromatic rings. The number of carbonyl (C=O) groups excluding carboxylic acids is 2. The summed E-state index contributed by atoms with van der Waals surface area (Å²) in [7, 11) is 0. The highest BCUT2D eigenvalue weighted by Crippen LogP contribution is 2.13. The van der Waals surface area contributed by atoms with Gasteiger partial charge in [-0.05, 0) is 12.1 Å². The monoisotopic (exact) mass is 275 g/mol. The van der Waals surface area contributed by atoms with Crippen LogP contribution in [-0.4, -0.2) is 24.5 Å². The van der Waals surface area contributed by atoms with Crippen LogP contribution in [0.25, 0.3) is 0 Å². The molecule has 8 heteroatoms. The molecule has 19 heavy (non-hydrogen) atoms. The Labute approximate surface area is 107 Å². The van der Waals surface area contributed by atoms with Crippen LogP contribution in [0, 0.1) is 0 Å². The summed E-state index contributed by atoms with van der Waals surface area (Å²) in [6, 6.07) is 8.69. The zero-order chi connectivity index (χ0) is 14.3. The van der Waals surface area contributed by atoms with Gasteiger partial charge < -0.3 is 5.32 Å². The van der Waals surface area contributed by atoms with Crippen molar-refractivity contribution >= 4 is 17.5 Å². The number of hydrogen-bond acceptors (Lipinski definition) is 3. The fourth-order valence-electron chi connectivity index (χ4n) is 1.12. The van der Waals surface area contributed by atoms with Crippen molar-refractivity contribution in [3.63, 3.8) is 0 Å². The van der Waals surface area contributed by atoms with Crippen LogP contribution in [0.2, 0.25) is 0 Å². The molecule has 0 spiro atoms. The number of para-hydroxylation sites is 1. The van der Waals surface area contributed by atoms with Crippen LogP contribution in [0.5, 0.6) is 0 Å². The molecule has 0 bridgehead atoms. The van der Waals surface area contributed by atoms with Crippen LogP contribution in [-0.2, 0) is 9.59 Å². The first-order valence-electron chi connectivity index (χ1n) is 5.34. The molecule has 0 saturated heterocycles. The number of alkyl halides is 3. The van der Waals surface area contributed by atoms with Crippen LogP contribution in [0.3, 0.4) is 0 Å². The largest absolute Gasteiger partial charge is 0.471 e. The van der Waals surface area contributed by atoms with Crippen molar-refractivity contribution in [3.05, 3.63) is 30.3 Å². The van der Waals surface area contributed by atoms with Gasteiger partial charge in [0.25, 0.3) is 0 Å². The lowest BCUT2D eigenvalue weighted by Crippen LogP contribution is -2.39. The number of hydrogen-bond donors (Lipinski definition) is 3. The maximum Gasteiger partial charge on any atom is 0.471 e. The van der Waals surface area contributed by atoms with Crippen molar-refractivity contribution in [2.45, 2.75) is 12.6 Å². The van der Waals surface area contributed by atoms with Gasteiger partial charge in [0.2, 0.25) is 5.91 Å². The van der Waals surface area contributed by atoms with E-state index in [0.29, 0.717) is 5.69 Å². The van der Waals surface area contributed by atoms with Gasteiger partial charge in [-0.2, -0.15) is 13.2 Å². The molecular weight excluding hydrogens is 263 g/mol. The van der Waals surface area contributed by atoms with E-state index in [9.17, 15) is 22.8 Å². The van der Waals surface area contributed by atoms with E-state index in [0.717, 1.165) is 0 Å². The van der Waals surface area contributed by atoms with E-state index in [1.165, 1.54) is 0 Å². The summed E-state index contributed by atoms with van der Waals surface area (Å²) in [6.45, 7) is -0.388. The normalized spacial score (nSPS) is 10.7. The summed E-state index contributed by atoms with van der Waals surface area (Å²) >= 11 is 0. The van der Waals surface area contributed by atoms with Crippen molar-refractivity contribution < 1.29 is 22.8 Å². The molecule has 2 amide bonds. The van der Waals surface area contributed by atoms with Gasteiger partial charge in [0.1, 0.15) is 0 Å². The second-order valence-electron chi connectivity index (χ2n) is 3.54. The van der Waals surface area contributed by atoms with E-state index in [-0.39, 0.29) is 13.0 Å². The highest BCUT2D eigenvalue weighted by molar-refractivity contribution is 5.83. The number of rotatable bonds is 5. The Morgan fingerprint density at radius 3 is 2.32 bits per heavy atom. The molecule has 0 radical (unpaired) electrons. The molecule has 0 aromatic heterocycles. The predicted molar refractivity (Wildman–Crippen MR) is 61.9 cm³/mol. The first kappa shape index (κ1) is 14.8. The number of nitrogens with one attached hydrogen (secondary N) is 3. The molecule has 0 saturated carbocycles. The average molecular weight is 275 g/mol. The van der Waals surface area contributed by atoms with E-state index in [2.05, 4.69) is 10.9 Å². The lowest BCUT2D eigenvalue weighted by Gasteiger charge is -2.09. The third kappa shape index (κ3) is 5.75. The summed E-state index contributed by atoms with van der Waals surface area (Å²) in [5, 5.41) is 1.60. The third-order valence-corrected chi connectivity index (χ3v) is 2.02. The van der Waals surface area contributed by atoms with E-state index < -0.39 is 18.0 Å². The van der Waals surface area contributed by atoms with Crippen LogP contribution >= 0.6 is 0 Å². The minimum atomic E-state index is -4.93. The Bertz CT molecular complexity index is 435. The van der Waals surface area contributed by atoms with Gasteiger partial charge in [-0.15, -0.1) is 0 Å². The molecule has 0 atom stereocenters. The zero-order valence-corrected chi connectivity index (χ0v) is 9.75. The Morgan fingerprint density at radius 2 is 1.74 bits per heavy atom. The summed E-state index contributed by atoms with van der Waals surface area (Å²) in [5.74, 6) is -2.59. The molecule has 1 aromatic carbocycles. The summed E-state index contributed by atoms with van der Waals surface area (Å²) in [6.07, 6.45) is -5.19. The minimum Gasteiger partial charge on any atom is -0.348 e. The fraction of sp³-hybridized carbons (Fsp3) is 0.273. The molecular formula is C11H12F3N3O2. The molecule has 3 N–H and O–H groups in total. The lowest BCUT2D eigenvalue weighted by molar-refractivity contribution is -0.173. The topological polar surface area (TPSA) is 70.2 Å². The van der Waals surface area contributed by atoms with Crippen molar-refractivity contribution in [3.8, 4) is 0 Å². The molecule has 0 heterocycles. The lowest BCUT2D eigenvalue weighted by atomic mass is 10.3. The number of anilines is 1. The zero-order valence-electron chi connectivity index (χ0n) is 9.75. The van der Waals surface area contributed by atoms with Gasteiger partial charge in [-0.3, -0.25) is 20.4 Å². The number of hydrazine groups is 1. The van der Waals surface area contributed by atoms with Crippen LogP contribution in [0.4, 0.5) is 18.9 Å². The van der Waals surface area contributed by atoms with Gasteiger partial charge in [-0.25, -0.2) is 0 Å². The van der Waals surface area contributed by atoms with Gasteiger partial charge in [0.05, 0.1) is 5.69 Å². The van der Waals surface area contributed by atoms with Gasteiger partial charge in [0.15, 0.2) is 0 Å². The van der Waals surface area contributed by atoms with E-state index >= 15 is 0 Å². The van der Waals surface area contributed by atoms with Crippen LogP contribution in [0.1, 0.15) is 6.42 Å². The van der Waals surface area contributed by atoms with Gasteiger partial charge in [-0.1, -0.05) is 18.2 Å². The molecule has 0 aliphatic rings. The Kier molecular flexibility index (Phi) is 5.16. The summed E-state index contributed by atoms with van der Waals surface area (Å²) in [5.41, 5.74) is 5.50.